The van der Waals surface area contributed by atoms with Gasteiger partial charge in [0.2, 0.25) is 15.9 Å². The highest BCUT2D eigenvalue weighted by molar-refractivity contribution is 7.89. The van der Waals surface area contributed by atoms with Crippen LogP contribution >= 0.6 is 11.6 Å². The van der Waals surface area contributed by atoms with Crippen molar-refractivity contribution in [2.24, 2.45) is 0 Å². The van der Waals surface area contributed by atoms with E-state index >= 15 is 0 Å². The second-order valence-corrected chi connectivity index (χ2v) is 9.09. The molecule has 6 nitrogen and oxygen atoms in total. The second kappa shape index (κ2) is 9.11. The molecule has 0 aromatic heterocycles. The molecule has 0 spiro atoms. The topological polar surface area (TPSA) is 66.9 Å². The molecule has 2 aromatic rings. The highest BCUT2D eigenvalue weighted by atomic mass is 35.5. The lowest BCUT2D eigenvalue weighted by Gasteiger charge is -2.34. The average Bonchev–Trinajstić information content (AvgIpc) is 2.72. The van der Waals surface area contributed by atoms with Crippen LogP contribution in [0.25, 0.3) is 0 Å². The number of amides is 1. The predicted octanol–water partition coefficient (Wildman–Crippen LogP) is 2.95. The molecule has 0 aliphatic carbocycles. The normalized spacial score (nSPS) is 15.3. The van der Waals surface area contributed by atoms with Gasteiger partial charge in [-0.1, -0.05) is 23.7 Å². The lowest BCUT2D eigenvalue weighted by atomic mass is 10.1. The number of hydrogen-bond acceptors (Lipinski definition) is 4. The van der Waals surface area contributed by atoms with E-state index in [2.05, 4.69) is 0 Å². The Bertz CT molecular complexity index is 992. The minimum absolute atomic E-state index is 0.0824. The standard InChI is InChI=1S/C20H22ClFN2O4S/c1-28-19-7-5-15(13-18(19)22)6-8-20(25)23-9-11-24(12-10-23)29(26,27)17-4-2-3-16(21)14-17/h2-5,7,13-14H,6,8-12H2,1H3. The number of benzene rings is 2. The highest BCUT2D eigenvalue weighted by Gasteiger charge is 2.30. The molecule has 9 heteroatoms. The van der Waals surface area contributed by atoms with Crippen LogP contribution in [0, 0.1) is 5.82 Å². The number of hydrogen-bond donors (Lipinski definition) is 0. The Morgan fingerprint density at radius 3 is 2.48 bits per heavy atom. The molecular formula is C20H22ClFN2O4S. The fourth-order valence-electron chi connectivity index (χ4n) is 3.23. The van der Waals surface area contributed by atoms with Crippen LogP contribution in [-0.4, -0.2) is 56.8 Å². The monoisotopic (exact) mass is 440 g/mol. The van der Waals surface area contributed by atoms with Gasteiger partial charge in [-0.15, -0.1) is 0 Å². The molecule has 3 rings (SSSR count). The summed E-state index contributed by atoms with van der Waals surface area (Å²) >= 11 is 5.90. The number of carbonyl (C=O) groups is 1. The first-order valence-electron chi connectivity index (χ1n) is 9.17. The first-order valence-corrected chi connectivity index (χ1v) is 11.0. The number of halogens is 2. The van der Waals surface area contributed by atoms with Gasteiger partial charge >= 0.3 is 0 Å². The molecule has 1 saturated heterocycles. The van der Waals surface area contributed by atoms with Gasteiger partial charge < -0.3 is 9.64 Å². The van der Waals surface area contributed by atoms with Gasteiger partial charge in [0.15, 0.2) is 11.6 Å². The quantitative estimate of drug-likeness (QED) is 0.692. The van der Waals surface area contributed by atoms with E-state index in [1.54, 1.807) is 23.1 Å². The van der Waals surface area contributed by atoms with Crippen molar-refractivity contribution >= 4 is 27.5 Å². The third kappa shape index (κ3) is 5.07. The fourth-order valence-corrected chi connectivity index (χ4v) is 4.95. The SMILES string of the molecule is COc1ccc(CCC(=O)N2CCN(S(=O)(=O)c3cccc(Cl)c3)CC2)cc1F. The van der Waals surface area contributed by atoms with E-state index < -0.39 is 15.8 Å². The summed E-state index contributed by atoms with van der Waals surface area (Å²) in [7, 11) is -2.25. The molecule has 0 atom stereocenters. The van der Waals surface area contributed by atoms with Crippen LogP contribution in [0.15, 0.2) is 47.4 Å². The van der Waals surface area contributed by atoms with Crippen LogP contribution in [-0.2, 0) is 21.2 Å². The first-order chi connectivity index (χ1) is 13.8. The minimum atomic E-state index is -3.64. The maximum atomic E-state index is 13.8. The number of nitrogens with zero attached hydrogens (tertiary/aromatic N) is 2. The van der Waals surface area contributed by atoms with Crippen LogP contribution in [0.4, 0.5) is 4.39 Å². The Labute approximate surface area is 174 Å². The third-order valence-electron chi connectivity index (χ3n) is 4.87. The van der Waals surface area contributed by atoms with Gasteiger partial charge in [0.25, 0.3) is 0 Å². The van der Waals surface area contributed by atoms with Crippen LogP contribution in [0.5, 0.6) is 5.75 Å². The summed E-state index contributed by atoms with van der Waals surface area (Å²) in [5.41, 5.74) is 0.707. The Morgan fingerprint density at radius 1 is 1.14 bits per heavy atom. The molecule has 2 aromatic carbocycles. The summed E-state index contributed by atoms with van der Waals surface area (Å²) in [4.78, 5) is 14.3. The van der Waals surface area contributed by atoms with Crippen molar-refractivity contribution in [2.45, 2.75) is 17.7 Å². The summed E-state index contributed by atoms with van der Waals surface area (Å²) in [6.45, 7) is 1.07. The van der Waals surface area contributed by atoms with Crippen molar-refractivity contribution in [1.29, 1.82) is 0 Å². The molecule has 156 valence electrons. The van der Waals surface area contributed by atoms with Crippen molar-refractivity contribution in [3.63, 3.8) is 0 Å². The maximum absolute atomic E-state index is 13.8. The number of carbonyl (C=O) groups excluding carboxylic acids is 1. The summed E-state index contributed by atoms with van der Waals surface area (Å²) in [6.07, 6.45) is 0.633. The van der Waals surface area contributed by atoms with Crippen LogP contribution in [0.1, 0.15) is 12.0 Å². The summed E-state index contributed by atoms with van der Waals surface area (Å²) in [5.74, 6) is -0.379. The Hall–Kier alpha value is -2.16. The van der Waals surface area contributed by atoms with Crippen LogP contribution in [0.2, 0.25) is 5.02 Å². The van der Waals surface area contributed by atoms with E-state index in [4.69, 9.17) is 16.3 Å². The minimum Gasteiger partial charge on any atom is -0.494 e. The first kappa shape index (κ1) is 21.5. The van der Waals surface area contributed by atoms with Crippen LogP contribution in [0.3, 0.4) is 0 Å². The number of rotatable bonds is 6. The van der Waals surface area contributed by atoms with E-state index in [9.17, 15) is 17.6 Å². The molecule has 1 amide bonds. The largest absolute Gasteiger partial charge is 0.494 e. The molecule has 1 heterocycles. The van der Waals surface area contributed by atoms with Gasteiger partial charge in [-0.2, -0.15) is 4.31 Å². The van der Waals surface area contributed by atoms with Crippen molar-refractivity contribution < 1.29 is 22.3 Å². The zero-order valence-corrected chi connectivity index (χ0v) is 17.5. The summed E-state index contributed by atoms with van der Waals surface area (Å²) < 4.78 is 45.5. The zero-order chi connectivity index (χ0) is 21.0. The van der Waals surface area contributed by atoms with Crippen molar-refractivity contribution in [3.05, 3.63) is 58.9 Å². The third-order valence-corrected chi connectivity index (χ3v) is 7.00. The number of ether oxygens (including phenoxy) is 1. The highest BCUT2D eigenvalue weighted by Crippen LogP contribution is 2.22. The van der Waals surface area contributed by atoms with Gasteiger partial charge in [0.1, 0.15) is 0 Å². The second-order valence-electron chi connectivity index (χ2n) is 6.71. The van der Waals surface area contributed by atoms with Crippen molar-refractivity contribution in [3.8, 4) is 5.75 Å². The summed E-state index contributed by atoms with van der Waals surface area (Å²) in [6, 6.07) is 10.8. The maximum Gasteiger partial charge on any atom is 0.243 e. The Balaban J connectivity index is 1.55. The van der Waals surface area contributed by atoms with E-state index in [0.29, 0.717) is 30.1 Å². The van der Waals surface area contributed by atoms with Gasteiger partial charge in [-0.3, -0.25) is 4.79 Å². The predicted molar refractivity (Wildman–Crippen MR) is 108 cm³/mol. The van der Waals surface area contributed by atoms with E-state index in [1.807, 2.05) is 0 Å². The lowest BCUT2D eigenvalue weighted by Crippen LogP contribution is -2.50. The molecule has 0 unspecified atom stereocenters. The summed E-state index contributed by atoms with van der Waals surface area (Å²) in [5, 5.41) is 0.356. The molecule has 0 radical (unpaired) electrons. The molecule has 1 fully saturated rings. The fraction of sp³-hybridized carbons (Fsp3) is 0.350. The van der Waals surface area contributed by atoms with Gasteiger partial charge in [-0.25, -0.2) is 12.8 Å². The number of piperazine rings is 1. The lowest BCUT2D eigenvalue weighted by molar-refractivity contribution is -0.132. The molecule has 0 N–H and O–H groups in total. The molecule has 1 aliphatic heterocycles. The average molecular weight is 441 g/mol. The van der Waals surface area contributed by atoms with Gasteiger partial charge in [-0.05, 0) is 42.3 Å². The molecule has 1 aliphatic rings. The smallest absolute Gasteiger partial charge is 0.243 e. The Morgan fingerprint density at radius 2 is 1.86 bits per heavy atom. The molecule has 29 heavy (non-hydrogen) atoms. The van der Waals surface area contributed by atoms with Gasteiger partial charge in [0.05, 0.1) is 12.0 Å². The van der Waals surface area contributed by atoms with E-state index in [1.165, 1.54) is 35.7 Å². The number of methoxy groups -OCH3 is 1. The van der Waals surface area contributed by atoms with Crippen LogP contribution < -0.4 is 4.74 Å². The Kier molecular flexibility index (Phi) is 6.77. The van der Waals surface area contributed by atoms with Gasteiger partial charge in [0, 0.05) is 37.6 Å². The van der Waals surface area contributed by atoms with Crippen molar-refractivity contribution in [2.75, 3.05) is 33.3 Å². The van der Waals surface area contributed by atoms with E-state index in [-0.39, 0.29) is 36.1 Å². The molecular weight excluding hydrogens is 419 g/mol. The zero-order valence-electron chi connectivity index (χ0n) is 16.0. The van der Waals surface area contributed by atoms with Crippen molar-refractivity contribution in [1.82, 2.24) is 9.21 Å². The number of aryl methyl sites for hydroxylation is 1. The molecule has 0 saturated carbocycles. The van der Waals surface area contributed by atoms with E-state index in [0.717, 1.165) is 0 Å². The number of sulfonamides is 1. The molecule has 0 bridgehead atoms.